The van der Waals surface area contributed by atoms with Gasteiger partial charge in [-0.05, 0) is 30.3 Å². The largest absolute Gasteiger partial charge is 0.497 e. The number of rotatable bonds is 4. The number of pyridine rings is 1. The van der Waals surface area contributed by atoms with Crippen molar-refractivity contribution in [3.8, 4) is 5.75 Å². The minimum Gasteiger partial charge on any atom is -0.497 e. The second-order valence-corrected chi connectivity index (χ2v) is 8.19. The Labute approximate surface area is 154 Å². The lowest BCUT2D eigenvalue weighted by atomic mass is 10.2. The van der Waals surface area contributed by atoms with Crippen LogP contribution in [0.1, 0.15) is 0 Å². The number of hydrogen-bond acceptors (Lipinski definition) is 6. The molecular weight excluding hydrogens is 368 g/mol. The lowest BCUT2D eigenvalue weighted by Gasteiger charge is -2.10. The van der Waals surface area contributed by atoms with Crippen molar-refractivity contribution < 1.29 is 17.6 Å². The first kappa shape index (κ1) is 17.2. The van der Waals surface area contributed by atoms with Crippen LogP contribution in [-0.2, 0) is 9.84 Å². The molecule has 0 radical (unpaired) electrons. The van der Waals surface area contributed by atoms with Crippen LogP contribution in [-0.4, -0.2) is 26.8 Å². The number of aromatic nitrogens is 1. The Kier molecular flexibility index (Phi) is 3.92. The van der Waals surface area contributed by atoms with Gasteiger partial charge in [0, 0.05) is 41.0 Å². The van der Waals surface area contributed by atoms with Gasteiger partial charge in [-0.2, -0.15) is 0 Å². The van der Waals surface area contributed by atoms with Gasteiger partial charge in [0.25, 0.3) is 0 Å². The molecule has 2 N–H and O–H groups in total. The zero-order valence-electron chi connectivity index (χ0n) is 14.6. The third-order valence-electron chi connectivity index (χ3n) is 4.20. The third kappa shape index (κ3) is 3.26. The summed E-state index contributed by atoms with van der Waals surface area (Å²) < 4.78 is 34.7. The molecule has 4 aromatic rings. The summed E-state index contributed by atoms with van der Waals surface area (Å²) in [5.74, 6) is 1.06. The molecule has 2 heterocycles. The Hall–Kier alpha value is -3.26. The van der Waals surface area contributed by atoms with Crippen LogP contribution in [0.3, 0.4) is 0 Å². The van der Waals surface area contributed by atoms with E-state index >= 15 is 0 Å². The van der Waals surface area contributed by atoms with E-state index in [2.05, 4.69) is 10.3 Å². The first-order valence-corrected chi connectivity index (χ1v) is 9.94. The molecular formula is C19H16N2O5S. The van der Waals surface area contributed by atoms with Crippen LogP contribution >= 0.6 is 0 Å². The molecule has 0 fully saturated rings. The Bertz CT molecular complexity index is 1340. The highest BCUT2D eigenvalue weighted by Crippen LogP contribution is 2.31. The van der Waals surface area contributed by atoms with Crippen LogP contribution in [0.5, 0.6) is 5.75 Å². The number of fused-ring (bicyclic) bond motifs is 3. The number of furan rings is 1. The number of aromatic amines is 1. The minimum atomic E-state index is -3.38. The van der Waals surface area contributed by atoms with Crippen molar-refractivity contribution in [1.29, 1.82) is 0 Å². The second kappa shape index (κ2) is 6.17. The van der Waals surface area contributed by atoms with Gasteiger partial charge in [-0.3, -0.25) is 4.79 Å². The Morgan fingerprint density at radius 2 is 1.85 bits per heavy atom. The number of methoxy groups -OCH3 is 1. The fraction of sp³-hybridized carbons (Fsp3) is 0.105. The molecule has 0 spiro atoms. The fourth-order valence-electron chi connectivity index (χ4n) is 2.90. The quantitative estimate of drug-likeness (QED) is 0.559. The molecule has 2 aromatic heterocycles. The monoisotopic (exact) mass is 384 g/mol. The number of hydrogen-bond donors (Lipinski definition) is 2. The smallest absolute Gasteiger partial charge is 0.182 e. The topological polar surface area (TPSA) is 101 Å². The van der Waals surface area contributed by atoms with E-state index < -0.39 is 9.84 Å². The van der Waals surface area contributed by atoms with E-state index in [4.69, 9.17) is 9.15 Å². The lowest BCUT2D eigenvalue weighted by molar-refractivity contribution is 0.413. The zero-order chi connectivity index (χ0) is 19.2. The Balaban J connectivity index is 1.79. The first-order valence-electron chi connectivity index (χ1n) is 8.05. The number of sulfone groups is 1. The highest BCUT2D eigenvalue weighted by atomic mass is 32.2. The van der Waals surface area contributed by atoms with Crippen molar-refractivity contribution >= 4 is 43.3 Å². The van der Waals surface area contributed by atoms with Crippen LogP contribution in [0.4, 0.5) is 11.5 Å². The summed E-state index contributed by atoms with van der Waals surface area (Å²) in [5.41, 5.74) is 1.57. The standard InChI is InChI=1S/C19H16N2O5S/c1-25-13-5-11(6-14(8-13)27(2,23)24)21-19-9-16-15-4-3-12(22)7-17(15)26-18(16)10-20-19/h3-10,20-21H,1-2H3. The number of H-pyrrole nitrogens is 1. The highest BCUT2D eigenvalue weighted by Gasteiger charge is 2.12. The number of ether oxygens (including phenoxy) is 1. The summed E-state index contributed by atoms with van der Waals surface area (Å²) in [6.07, 6.45) is 2.82. The first-order chi connectivity index (χ1) is 12.8. The van der Waals surface area contributed by atoms with Crippen molar-refractivity contribution in [1.82, 2.24) is 4.98 Å². The number of nitrogens with one attached hydrogen (secondary N) is 2. The Morgan fingerprint density at radius 3 is 2.59 bits per heavy atom. The van der Waals surface area contributed by atoms with Crippen LogP contribution in [0.25, 0.3) is 21.9 Å². The van der Waals surface area contributed by atoms with Gasteiger partial charge >= 0.3 is 0 Å². The van der Waals surface area contributed by atoms with Crippen molar-refractivity contribution in [2.45, 2.75) is 4.90 Å². The summed E-state index contributed by atoms with van der Waals surface area (Å²) in [6.45, 7) is 0. The minimum absolute atomic E-state index is 0.117. The maximum absolute atomic E-state index is 11.9. The highest BCUT2D eigenvalue weighted by molar-refractivity contribution is 7.90. The van der Waals surface area contributed by atoms with Crippen molar-refractivity contribution in [2.24, 2.45) is 0 Å². The summed E-state index contributed by atoms with van der Waals surface area (Å²) >= 11 is 0. The van der Waals surface area contributed by atoms with Gasteiger partial charge in [0.05, 0.1) is 12.0 Å². The van der Waals surface area contributed by atoms with Crippen LogP contribution in [0.2, 0.25) is 0 Å². The molecule has 0 bridgehead atoms. The average molecular weight is 384 g/mol. The van der Waals surface area contributed by atoms with E-state index in [0.717, 1.165) is 17.0 Å². The molecule has 8 heteroatoms. The second-order valence-electron chi connectivity index (χ2n) is 6.18. The number of anilines is 2. The molecule has 0 saturated heterocycles. The fourth-order valence-corrected chi connectivity index (χ4v) is 3.58. The van der Waals surface area contributed by atoms with Gasteiger partial charge in [0.1, 0.15) is 17.2 Å². The van der Waals surface area contributed by atoms with Gasteiger partial charge in [0.15, 0.2) is 20.8 Å². The van der Waals surface area contributed by atoms with Crippen molar-refractivity contribution in [2.75, 3.05) is 18.7 Å². The van der Waals surface area contributed by atoms with E-state index in [0.29, 0.717) is 28.4 Å². The predicted molar refractivity (Wildman–Crippen MR) is 104 cm³/mol. The van der Waals surface area contributed by atoms with E-state index in [9.17, 15) is 13.2 Å². The molecule has 0 unspecified atom stereocenters. The lowest BCUT2D eigenvalue weighted by Crippen LogP contribution is -2.00. The van der Waals surface area contributed by atoms with Crippen LogP contribution in [0.15, 0.2) is 62.8 Å². The summed E-state index contributed by atoms with van der Waals surface area (Å²) in [5, 5.41) is 4.80. The molecule has 0 aliphatic carbocycles. The molecule has 0 atom stereocenters. The molecule has 138 valence electrons. The van der Waals surface area contributed by atoms with E-state index in [-0.39, 0.29) is 10.3 Å². The Morgan fingerprint density at radius 1 is 1.04 bits per heavy atom. The third-order valence-corrected chi connectivity index (χ3v) is 5.29. The maximum atomic E-state index is 11.9. The van der Waals surface area contributed by atoms with E-state index in [1.807, 2.05) is 6.07 Å². The van der Waals surface area contributed by atoms with Gasteiger partial charge in [0.2, 0.25) is 0 Å². The molecule has 2 aromatic carbocycles. The summed E-state index contributed by atoms with van der Waals surface area (Å²) in [4.78, 5) is 14.7. The number of benzene rings is 2. The summed E-state index contributed by atoms with van der Waals surface area (Å²) in [6, 6.07) is 11.2. The molecule has 7 nitrogen and oxygen atoms in total. The van der Waals surface area contributed by atoms with Crippen molar-refractivity contribution in [3.63, 3.8) is 0 Å². The molecule has 0 amide bonds. The van der Waals surface area contributed by atoms with Gasteiger partial charge in [-0.1, -0.05) is 0 Å². The van der Waals surface area contributed by atoms with E-state index in [1.165, 1.54) is 31.4 Å². The molecule has 0 aliphatic rings. The van der Waals surface area contributed by atoms with Crippen molar-refractivity contribution in [3.05, 3.63) is 58.9 Å². The predicted octanol–water partition coefficient (Wildman–Crippen LogP) is 3.43. The van der Waals surface area contributed by atoms with Gasteiger partial charge in [-0.25, -0.2) is 8.42 Å². The molecule has 4 rings (SSSR count). The normalized spacial score (nSPS) is 11.8. The van der Waals surface area contributed by atoms with Crippen LogP contribution < -0.4 is 15.5 Å². The van der Waals surface area contributed by atoms with Gasteiger partial charge in [-0.15, -0.1) is 0 Å². The molecule has 0 aliphatic heterocycles. The van der Waals surface area contributed by atoms with Gasteiger partial charge < -0.3 is 19.5 Å². The molecule has 27 heavy (non-hydrogen) atoms. The van der Waals surface area contributed by atoms with Crippen LogP contribution in [0, 0.1) is 0 Å². The molecule has 0 saturated carbocycles. The summed E-state index contributed by atoms with van der Waals surface area (Å²) in [7, 11) is -1.91. The average Bonchev–Trinajstić information content (AvgIpc) is 2.97. The maximum Gasteiger partial charge on any atom is 0.182 e. The van der Waals surface area contributed by atoms with E-state index in [1.54, 1.807) is 18.3 Å². The zero-order valence-corrected chi connectivity index (χ0v) is 15.4. The SMILES string of the molecule is COc1cc(Nc2cc3c(c[nH]2)oc2cc(=O)ccc23)cc(S(C)(=O)=O)c1.